The van der Waals surface area contributed by atoms with Crippen LogP contribution in [0.1, 0.15) is 21.5 Å². The molecular formula is C18H15ClN2O2. The average Bonchev–Trinajstić information content (AvgIpc) is 2.48. The molecule has 0 aliphatic carbocycles. The number of pyridine rings is 1. The third-order valence-corrected chi connectivity index (χ3v) is 3.89. The molecule has 0 fully saturated rings. The van der Waals surface area contributed by atoms with Crippen molar-refractivity contribution < 1.29 is 4.79 Å². The first-order chi connectivity index (χ1) is 11.0. The van der Waals surface area contributed by atoms with Crippen LogP contribution in [0.2, 0.25) is 5.02 Å². The summed E-state index contributed by atoms with van der Waals surface area (Å²) in [4.78, 5) is 28.1. The van der Waals surface area contributed by atoms with Gasteiger partial charge in [0.2, 0.25) is 5.43 Å². The number of fused-ring (bicyclic) bond motifs is 1. The molecule has 0 bridgehead atoms. The first-order valence-corrected chi connectivity index (χ1v) is 7.53. The van der Waals surface area contributed by atoms with E-state index in [1.807, 2.05) is 19.9 Å². The van der Waals surface area contributed by atoms with E-state index in [0.717, 1.165) is 16.6 Å². The van der Waals surface area contributed by atoms with Gasteiger partial charge >= 0.3 is 0 Å². The minimum absolute atomic E-state index is 0.0717. The van der Waals surface area contributed by atoms with Crippen molar-refractivity contribution in [1.29, 1.82) is 0 Å². The van der Waals surface area contributed by atoms with Crippen LogP contribution in [0, 0.1) is 13.8 Å². The molecule has 1 amide bonds. The van der Waals surface area contributed by atoms with E-state index in [1.54, 1.807) is 30.3 Å². The largest absolute Gasteiger partial charge is 0.360 e. The molecule has 23 heavy (non-hydrogen) atoms. The van der Waals surface area contributed by atoms with Crippen LogP contribution in [-0.2, 0) is 0 Å². The van der Waals surface area contributed by atoms with Gasteiger partial charge in [0.05, 0.1) is 5.52 Å². The minimum atomic E-state index is -0.463. The number of hydrogen-bond acceptors (Lipinski definition) is 2. The zero-order chi connectivity index (χ0) is 16.6. The van der Waals surface area contributed by atoms with E-state index in [0.29, 0.717) is 16.1 Å². The van der Waals surface area contributed by atoms with Gasteiger partial charge in [-0.05, 0) is 49.2 Å². The molecule has 0 saturated heterocycles. The molecule has 2 N–H and O–H groups in total. The van der Waals surface area contributed by atoms with Crippen molar-refractivity contribution in [2.75, 3.05) is 5.32 Å². The fourth-order valence-corrected chi connectivity index (χ4v) is 2.82. The Labute approximate surface area is 138 Å². The van der Waals surface area contributed by atoms with Crippen LogP contribution in [0.5, 0.6) is 0 Å². The molecule has 4 nitrogen and oxygen atoms in total. The summed E-state index contributed by atoms with van der Waals surface area (Å²) in [6.45, 7) is 3.85. The maximum Gasteiger partial charge on any atom is 0.261 e. The summed E-state index contributed by atoms with van der Waals surface area (Å²) in [6.07, 6.45) is 1.45. The second-order valence-corrected chi connectivity index (χ2v) is 5.94. The van der Waals surface area contributed by atoms with Gasteiger partial charge in [-0.1, -0.05) is 23.7 Å². The average molecular weight is 327 g/mol. The molecule has 0 aliphatic heterocycles. The summed E-state index contributed by atoms with van der Waals surface area (Å²) in [5.74, 6) is -0.463. The minimum Gasteiger partial charge on any atom is -0.360 e. The SMILES string of the molecule is Cc1cc(C)c2[nH]cc(C(=O)Nc3cccc(Cl)c3)c(=O)c2c1. The van der Waals surface area contributed by atoms with Crippen molar-refractivity contribution in [3.05, 3.63) is 74.5 Å². The number of anilines is 1. The van der Waals surface area contributed by atoms with Gasteiger partial charge in [0, 0.05) is 22.3 Å². The molecule has 0 saturated carbocycles. The van der Waals surface area contributed by atoms with E-state index in [1.165, 1.54) is 6.20 Å². The van der Waals surface area contributed by atoms with Gasteiger partial charge in [-0.15, -0.1) is 0 Å². The summed E-state index contributed by atoms with van der Waals surface area (Å²) < 4.78 is 0. The standard InChI is InChI=1S/C18H15ClN2O2/c1-10-6-11(2)16-14(7-10)17(22)15(9-20-16)18(23)21-13-5-3-4-12(19)8-13/h3-9H,1-2H3,(H,20,22)(H,21,23). The number of rotatable bonds is 2. The highest BCUT2D eigenvalue weighted by molar-refractivity contribution is 6.31. The zero-order valence-corrected chi connectivity index (χ0v) is 13.5. The van der Waals surface area contributed by atoms with Crippen molar-refractivity contribution in [3.63, 3.8) is 0 Å². The lowest BCUT2D eigenvalue weighted by Gasteiger charge is -2.08. The number of aromatic amines is 1. The second-order valence-electron chi connectivity index (χ2n) is 5.50. The van der Waals surface area contributed by atoms with Gasteiger partial charge in [0.1, 0.15) is 5.56 Å². The number of aryl methyl sites for hydroxylation is 2. The van der Waals surface area contributed by atoms with E-state index in [2.05, 4.69) is 10.3 Å². The number of benzene rings is 2. The Bertz CT molecular complexity index is 976. The Morgan fingerprint density at radius 2 is 1.96 bits per heavy atom. The molecule has 0 spiro atoms. The molecule has 1 heterocycles. The first-order valence-electron chi connectivity index (χ1n) is 7.15. The lowest BCUT2D eigenvalue weighted by atomic mass is 10.0. The van der Waals surface area contributed by atoms with E-state index in [4.69, 9.17) is 11.6 Å². The van der Waals surface area contributed by atoms with Crippen LogP contribution in [0.15, 0.2) is 47.4 Å². The van der Waals surface area contributed by atoms with Gasteiger partial charge in [0.25, 0.3) is 5.91 Å². The smallest absolute Gasteiger partial charge is 0.261 e. The summed E-state index contributed by atoms with van der Waals surface area (Å²) in [5, 5.41) is 3.72. The molecule has 1 aromatic heterocycles. The molecule has 0 aliphatic rings. The Balaban J connectivity index is 2.04. The van der Waals surface area contributed by atoms with Crippen LogP contribution in [0.3, 0.4) is 0 Å². The van der Waals surface area contributed by atoms with Crippen LogP contribution in [0.25, 0.3) is 10.9 Å². The van der Waals surface area contributed by atoms with Gasteiger partial charge in [0.15, 0.2) is 0 Å². The predicted molar refractivity (Wildman–Crippen MR) is 93.4 cm³/mol. The lowest BCUT2D eigenvalue weighted by molar-refractivity contribution is 0.102. The lowest BCUT2D eigenvalue weighted by Crippen LogP contribution is -2.22. The van der Waals surface area contributed by atoms with Crippen LogP contribution in [0.4, 0.5) is 5.69 Å². The van der Waals surface area contributed by atoms with E-state index in [9.17, 15) is 9.59 Å². The van der Waals surface area contributed by atoms with E-state index < -0.39 is 5.91 Å². The fourth-order valence-electron chi connectivity index (χ4n) is 2.63. The second kappa shape index (κ2) is 5.89. The van der Waals surface area contributed by atoms with Crippen molar-refractivity contribution in [1.82, 2.24) is 4.98 Å². The number of H-pyrrole nitrogens is 1. The number of aromatic nitrogens is 1. The molecule has 2 aromatic carbocycles. The number of carbonyl (C=O) groups is 1. The summed E-state index contributed by atoms with van der Waals surface area (Å²) >= 11 is 5.90. The third kappa shape index (κ3) is 2.98. The Hall–Kier alpha value is -2.59. The predicted octanol–water partition coefficient (Wildman–Crippen LogP) is 4.05. The molecule has 5 heteroatoms. The highest BCUT2D eigenvalue weighted by Gasteiger charge is 2.14. The van der Waals surface area contributed by atoms with Gasteiger partial charge in [-0.3, -0.25) is 9.59 Å². The molecular weight excluding hydrogens is 312 g/mol. The Kier molecular flexibility index (Phi) is 3.92. The molecule has 116 valence electrons. The van der Waals surface area contributed by atoms with Crippen LogP contribution >= 0.6 is 11.6 Å². The number of halogens is 1. The van der Waals surface area contributed by atoms with Gasteiger partial charge in [-0.25, -0.2) is 0 Å². The van der Waals surface area contributed by atoms with E-state index >= 15 is 0 Å². The monoisotopic (exact) mass is 326 g/mol. The van der Waals surface area contributed by atoms with Crippen molar-refractivity contribution in [2.45, 2.75) is 13.8 Å². The van der Waals surface area contributed by atoms with Crippen LogP contribution < -0.4 is 10.7 Å². The molecule has 0 atom stereocenters. The fraction of sp³-hybridized carbons (Fsp3) is 0.111. The highest BCUT2D eigenvalue weighted by Crippen LogP contribution is 2.18. The quantitative estimate of drug-likeness (QED) is 0.746. The molecule has 3 rings (SSSR count). The zero-order valence-electron chi connectivity index (χ0n) is 12.7. The van der Waals surface area contributed by atoms with Crippen molar-refractivity contribution in [2.24, 2.45) is 0 Å². The maximum atomic E-state index is 12.6. The maximum absolute atomic E-state index is 12.6. The number of hydrogen-bond donors (Lipinski definition) is 2. The van der Waals surface area contributed by atoms with Crippen molar-refractivity contribution >= 4 is 34.1 Å². The summed E-state index contributed by atoms with van der Waals surface area (Å²) in [6, 6.07) is 10.6. The van der Waals surface area contributed by atoms with Crippen LogP contribution in [-0.4, -0.2) is 10.9 Å². The summed E-state index contributed by atoms with van der Waals surface area (Å²) in [7, 11) is 0. The normalized spacial score (nSPS) is 10.7. The molecule has 0 radical (unpaired) electrons. The topological polar surface area (TPSA) is 62.0 Å². The Morgan fingerprint density at radius 3 is 2.70 bits per heavy atom. The van der Waals surface area contributed by atoms with Crippen molar-refractivity contribution in [3.8, 4) is 0 Å². The van der Waals surface area contributed by atoms with Gasteiger partial charge in [-0.2, -0.15) is 0 Å². The number of carbonyl (C=O) groups excluding carboxylic acids is 1. The molecule has 0 unspecified atom stereocenters. The summed E-state index contributed by atoms with van der Waals surface area (Å²) in [5.41, 5.74) is 3.03. The van der Waals surface area contributed by atoms with E-state index in [-0.39, 0.29) is 11.0 Å². The highest BCUT2D eigenvalue weighted by atomic mass is 35.5. The third-order valence-electron chi connectivity index (χ3n) is 3.66. The Morgan fingerprint density at radius 1 is 1.17 bits per heavy atom. The number of amides is 1. The first kappa shape index (κ1) is 15.3. The molecule has 3 aromatic rings. The van der Waals surface area contributed by atoms with Gasteiger partial charge < -0.3 is 10.3 Å². The number of nitrogens with one attached hydrogen (secondary N) is 2.